The fourth-order valence-electron chi connectivity index (χ4n) is 3.37. The molecule has 0 unspecified atom stereocenters. The van der Waals surface area contributed by atoms with Crippen LogP contribution in [0, 0.1) is 0 Å². The first-order chi connectivity index (χ1) is 13.0. The van der Waals surface area contributed by atoms with Crippen LogP contribution in [0.3, 0.4) is 0 Å². The topological polar surface area (TPSA) is 50.1 Å². The van der Waals surface area contributed by atoms with Gasteiger partial charge in [-0.05, 0) is 12.1 Å². The second-order valence-electron chi connectivity index (χ2n) is 6.53. The lowest BCUT2D eigenvalue weighted by Crippen LogP contribution is -2.47. The predicted molar refractivity (Wildman–Crippen MR) is 95.4 cm³/mol. The number of aromatic nitrogens is 4. The summed E-state index contributed by atoms with van der Waals surface area (Å²) in [6, 6.07) is 8.17. The Balaban J connectivity index is 1.51. The lowest BCUT2D eigenvalue weighted by atomic mass is 10.1. The number of rotatable bonds is 4. The third-order valence-electron chi connectivity index (χ3n) is 4.81. The normalized spacial score (nSPS) is 16.2. The summed E-state index contributed by atoms with van der Waals surface area (Å²) in [5, 5.41) is 4.84. The molecule has 0 aliphatic carbocycles. The van der Waals surface area contributed by atoms with E-state index in [2.05, 4.69) is 20.0 Å². The number of pyridine rings is 1. The maximum absolute atomic E-state index is 13.3. The number of hydrogen-bond acceptors (Lipinski definition) is 5. The molecule has 3 heterocycles. The molecular formula is C18H19F3N6. The van der Waals surface area contributed by atoms with Crippen molar-refractivity contribution in [3.05, 3.63) is 48.7 Å². The lowest BCUT2D eigenvalue weighted by Gasteiger charge is -2.36. The molecule has 1 aliphatic heterocycles. The van der Waals surface area contributed by atoms with Gasteiger partial charge in [0.25, 0.3) is 0 Å². The molecule has 0 bridgehead atoms. The smallest absolute Gasteiger partial charge is 0.368 e. The van der Waals surface area contributed by atoms with Crippen LogP contribution in [0.1, 0.15) is 5.69 Å². The molecule has 142 valence electrons. The first kappa shape index (κ1) is 17.7. The van der Waals surface area contributed by atoms with Gasteiger partial charge in [-0.2, -0.15) is 18.3 Å². The fraction of sp³-hybridized carbons (Fsp3) is 0.389. The minimum Gasteiger partial charge on any atom is -0.368 e. The highest BCUT2D eigenvalue weighted by Crippen LogP contribution is 2.34. The number of fused-ring (bicyclic) bond motifs is 1. The van der Waals surface area contributed by atoms with Crippen molar-refractivity contribution >= 4 is 16.6 Å². The summed E-state index contributed by atoms with van der Waals surface area (Å²) in [4.78, 5) is 12.0. The van der Waals surface area contributed by atoms with Gasteiger partial charge in [-0.3, -0.25) is 9.58 Å². The van der Waals surface area contributed by atoms with Gasteiger partial charge in [0.2, 0.25) is 0 Å². The Labute approximate surface area is 154 Å². The summed E-state index contributed by atoms with van der Waals surface area (Å²) in [6.45, 7) is 4.49. The van der Waals surface area contributed by atoms with Crippen molar-refractivity contribution in [1.29, 1.82) is 0 Å². The zero-order valence-corrected chi connectivity index (χ0v) is 14.6. The molecule has 0 atom stereocenters. The molecule has 0 radical (unpaired) electrons. The van der Waals surface area contributed by atoms with Crippen LogP contribution in [-0.4, -0.2) is 57.4 Å². The van der Waals surface area contributed by atoms with Gasteiger partial charge in [0, 0.05) is 43.8 Å². The molecule has 2 aromatic heterocycles. The van der Waals surface area contributed by atoms with Crippen molar-refractivity contribution in [1.82, 2.24) is 24.6 Å². The predicted octanol–water partition coefficient (Wildman–Crippen LogP) is 2.67. The largest absolute Gasteiger partial charge is 0.433 e. The third kappa shape index (κ3) is 3.87. The van der Waals surface area contributed by atoms with E-state index in [0.717, 1.165) is 31.6 Å². The van der Waals surface area contributed by atoms with E-state index in [1.165, 1.54) is 12.4 Å². The van der Waals surface area contributed by atoms with Crippen LogP contribution < -0.4 is 4.90 Å². The maximum Gasteiger partial charge on any atom is 0.433 e. The van der Waals surface area contributed by atoms with E-state index in [-0.39, 0.29) is 0 Å². The zero-order valence-electron chi connectivity index (χ0n) is 14.6. The van der Waals surface area contributed by atoms with Gasteiger partial charge in [0.1, 0.15) is 18.3 Å². The van der Waals surface area contributed by atoms with E-state index in [4.69, 9.17) is 0 Å². The summed E-state index contributed by atoms with van der Waals surface area (Å²) in [7, 11) is 0. The van der Waals surface area contributed by atoms with E-state index in [1.54, 1.807) is 23.1 Å². The first-order valence-corrected chi connectivity index (χ1v) is 8.77. The molecule has 27 heavy (non-hydrogen) atoms. The Hall–Kier alpha value is -2.68. The van der Waals surface area contributed by atoms with Crippen LogP contribution in [0.25, 0.3) is 10.9 Å². The molecule has 0 N–H and O–H groups in total. The standard InChI is InChI=1S/C18H19F3N6/c19-18(20,21)17-11-16(14-3-1-2-4-15(14)24-17)26-8-5-25(6-9-26)7-10-27-13-22-12-23-27/h1-4,11-13H,5-10H2. The number of hydrogen-bond donors (Lipinski definition) is 0. The number of piperazine rings is 1. The number of para-hydroxylation sites is 1. The monoisotopic (exact) mass is 376 g/mol. The van der Waals surface area contributed by atoms with E-state index < -0.39 is 11.9 Å². The molecule has 9 heteroatoms. The Morgan fingerprint density at radius 2 is 1.78 bits per heavy atom. The van der Waals surface area contributed by atoms with Crippen LogP contribution >= 0.6 is 0 Å². The second-order valence-corrected chi connectivity index (χ2v) is 6.53. The molecule has 0 saturated carbocycles. The van der Waals surface area contributed by atoms with Gasteiger partial charge in [-0.1, -0.05) is 18.2 Å². The second kappa shape index (κ2) is 7.15. The SMILES string of the molecule is FC(F)(F)c1cc(N2CCN(CCn3cncn3)CC2)c2ccccc2n1. The van der Waals surface area contributed by atoms with E-state index >= 15 is 0 Å². The Bertz CT molecular complexity index is 901. The number of anilines is 1. The van der Waals surface area contributed by atoms with E-state index in [9.17, 15) is 13.2 Å². The highest BCUT2D eigenvalue weighted by Gasteiger charge is 2.34. The van der Waals surface area contributed by atoms with Crippen LogP contribution in [0.15, 0.2) is 43.0 Å². The number of alkyl halides is 3. The highest BCUT2D eigenvalue weighted by atomic mass is 19.4. The molecule has 0 spiro atoms. The number of nitrogens with zero attached hydrogens (tertiary/aromatic N) is 6. The maximum atomic E-state index is 13.3. The summed E-state index contributed by atoms with van der Waals surface area (Å²) in [5.41, 5.74) is 0.129. The quantitative estimate of drug-likeness (QED) is 0.701. The van der Waals surface area contributed by atoms with Crippen molar-refractivity contribution in [2.24, 2.45) is 0 Å². The fourth-order valence-corrected chi connectivity index (χ4v) is 3.37. The minimum atomic E-state index is -4.46. The molecule has 4 rings (SSSR count). The summed E-state index contributed by atoms with van der Waals surface area (Å²) in [5.74, 6) is 0. The van der Waals surface area contributed by atoms with Gasteiger partial charge in [0.15, 0.2) is 0 Å². The summed E-state index contributed by atoms with van der Waals surface area (Å²) in [6.07, 6.45) is -1.28. The Kier molecular flexibility index (Phi) is 4.69. The number of benzene rings is 1. The zero-order chi connectivity index (χ0) is 18.9. The van der Waals surface area contributed by atoms with Crippen molar-refractivity contribution in [3.8, 4) is 0 Å². The van der Waals surface area contributed by atoms with Gasteiger partial charge >= 0.3 is 6.18 Å². The molecule has 1 fully saturated rings. The molecule has 0 amide bonds. The Morgan fingerprint density at radius 1 is 1.00 bits per heavy atom. The third-order valence-corrected chi connectivity index (χ3v) is 4.81. The molecule has 1 saturated heterocycles. The summed E-state index contributed by atoms with van der Waals surface area (Å²) < 4.78 is 41.5. The number of halogens is 3. The molecule has 1 aromatic carbocycles. The molecule has 3 aromatic rings. The van der Waals surface area contributed by atoms with Crippen molar-refractivity contribution in [2.75, 3.05) is 37.6 Å². The molecule has 6 nitrogen and oxygen atoms in total. The van der Waals surface area contributed by atoms with Crippen molar-refractivity contribution in [3.63, 3.8) is 0 Å². The van der Waals surface area contributed by atoms with Gasteiger partial charge in [-0.25, -0.2) is 9.97 Å². The molecular weight excluding hydrogens is 357 g/mol. The first-order valence-electron chi connectivity index (χ1n) is 8.77. The van der Waals surface area contributed by atoms with Gasteiger partial charge in [0.05, 0.1) is 12.1 Å². The van der Waals surface area contributed by atoms with E-state index in [1.807, 2.05) is 17.0 Å². The minimum absolute atomic E-state index is 0.371. The molecule has 1 aliphatic rings. The van der Waals surface area contributed by atoms with Crippen LogP contribution in [0.4, 0.5) is 18.9 Å². The average molecular weight is 376 g/mol. The van der Waals surface area contributed by atoms with Crippen LogP contribution in [0.2, 0.25) is 0 Å². The van der Waals surface area contributed by atoms with Crippen LogP contribution in [-0.2, 0) is 12.7 Å². The average Bonchev–Trinajstić information content (AvgIpc) is 3.19. The Morgan fingerprint density at radius 3 is 2.48 bits per heavy atom. The lowest BCUT2D eigenvalue weighted by molar-refractivity contribution is -0.140. The summed E-state index contributed by atoms with van der Waals surface area (Å²) >= 11 is 0. The van der Waals surface area contributed by atoms with Crippen molar-refractivity contribution < 1.29 is 13.2 Å². The highest BCUT2D eigenvalue weighted by molar-refractivity contribution is 5.92. The van der Waals surface area contributed by atoms with Gasteiger partial charge < -0.3 is 4.90 Å². The van der Waals surface area contributed by atoms with Crippen LogP contribution in [0.5, 0.6) is 0 Å². The van der Waals surface area contributed by atoms with Crippen molar-refractivity contribution in [2.45, 2.75) is 12.7 Å². The van der Waals surface area contributed by atoms with Gasteiger partial charge in [-0.15, -0.1) is 0 Å². The van der Waals surface area contributed by atoms with E-state index in [0.29, 0.717) is 24.3 Å².